The number of fused-ring (bicyclic) bond motifs is 1. The summed E-state index contributed by atoms with van der Waals surface area (Å²) in [4.78, 5) is 43.3. The van der Waals surface area contributed by atoms with E-state index in [2.05, 4.69) is 29.0 Å². The average molecular weight is 555 g/mol. The van der Waals surface area contributed by atoms with Gasteiger partial charge in [0, 0.05) is 29.4 Å². The van der Waals surface area contributed by atoms with Gasteiger partial charge in [0.25, 0.3) is 11.8 Å². The highest BCUT2D eigenvalue weighted by atomic mass is 32.2. The summed E-state index contributed by atoms with van der Waals surface area (Å²) in [6, 6.07) is 20.2. The zero-order chi connectivity index (χ0) is 27.9. The van der Waals surface area contributed by atoms with Gasteiger partial charge >= 0.3 is 0 Å². The van der Waals surface area contributed by atoms with Crippen molar-refractivity contribution in [3.05, 3.63) is 78.1 Å². The van der Waals surface area contributed by atoms with Gasteiger partial charge in [-0.25, -0.2) is 4.98 Å². The maximum Gasteiger partial charge on any atom is 0.267 e. The lowest BCUT2D eigenvalue weighted by Gasteiger charge is -2.36. The molecule has 4 heterocycles. The van der Waals surface area contributed by atoms with E-state index in [9.17, 15) is 14.7 Å². The molecule has 3 N–H and O–H groups in total. The molecule has 0 aliphatic carbocycles. The molecule has 0 spiro atoms. The number of amides is 2. The van der Waals surface area contributed by atoms with Crippen LogP contribution in [-0.4, -0.2) is 51.5 Å². The van der Waals surface area contributed by atoms with Crippen LogP contribution in [0.3, 0.4) is 0 Å². The summed E-state index contributed by atoms with van der Waals surface area (Å²) in [5, 5.41) is 13.9. The van der Waals surface area contributed by atoms with Crippen LogP contribution in [0, 0.1) is 5.41 Å². The predicted octanol–water partition coefficient (Wildman–Crippen LogP) is 5.53. The van der Waals surface area contributed by atoms with Gasteiger partial charge in [0.05, 0.1) is 12.1 Å². The van der Waals surface area contributed by atoms with Crippen molar-refractivity contribution in [2.24, 2.45) is 5.41 Å². The molecule has 1 saturated heterocycles. The number of aromatic nitrogens is 3. The number of piperidine rings is 1. The fraction of sp³-hybridized carbons (Fsp3) is 0.267. The highest BCUT2D eigenvalue weighted by Crippen LogP contribution is 2.33. The predicted molar refractivity (Wildman–Crippen MR) is 157 cm³/mol. The molecule has 0 atom stereocenters. The third-order valence-electron chi connectivity index (χ3n) is 7.39. The highest BCUT2D eigenvalue weighted by Gasteiger charge is 2.36. The van der Waals surface area contributed by atoms with Gasteiger partial charge in [0.1, 0.15) is 16.4 Å². The van der Waals surface area contributed by atoms with Crippen LogP contribution in [0.4, 0.5) is 17.3 Å². The summed E-state index contributed by atoms with van der Waals surface area (Å²) < 4.78 is 0. The Morgan fingerprint density at radius 2 is 1.80 bits per heavy atom. The Kier molecular flexibility index (Phi) is 6.71. The lowest BCUT2D eigenvalue weighted by Crippen LogP contribution is -2.37. The lowest BCUT2D eigenvalue weighted by molar-refractivity contribution is -0.119. The molecule has 204 valence electrons. The monoisotopic (exact) mass is 554 g/mol. The topological polar surface area (TPSA) is 114 Å². The summed E-state index contributed by atoms with van der Waals surface area (Å²) >= 11 is 1.45. The molecule has 0 unspecified atom stereocenters. The van der Waals surface area contributed by atoms with Crippen LogP contribution in [0.5, 0.6) is 0 Å². The first-order chi connectivity index (χ1) is 19.3. The van der Waals surface area contributed by atoms with Crippen LogP contribution < -0.4 is 15.1 Å². The number of para-hydroxylation sites is 1. The Bertz CT molecular complexity index is 1620. The largest absolute Gasteiger partial charge is 0.509 e. The first-order valence-electron chi connectivity index (χ1n) is 13.3. The van der Waals surface area contributed by atoms with Gasteiger partial charge in [-0.05, 0) is 60.7 Å². The molecule has 2 aliphatic rings. The summed E-state index contributed by atoms with van der Waals surface area (Å²) in [5.41, 5.74) is 2.81. The summed E-state index contributed by atoms with van der Waals surface area (Å²) in [6.45, 7) is 6.52. The third-order valence-corrected chi connectivity index (χ3v) is 8.32. The molecule has 10 heteroatoms. The smallest absolute Gasteiger partial charge is 0.267 e. The number of aliphatic hydroxyl groups excluding tert-OH is 1. The van der Waals surface area contributed by atoms with Gasteiger partial charge in [0.2, 0.25) is 5.95 Å². The lowest BCUT2D eigenvalue weighted by atomic mass is 9.83. The van der Waals surface area contributed by atoms with Gasteiger partial charge in [-0.2, -0.15) is 4.98 Å². The van der Waals surface area contributed by atoms with Gasteiger partial charge < -0.3 is 25.2 Å². The van der Waals surface area contributed by atoms with E-state index in [0.29, 0.717) is 22.4 Å². The number of benzene rings is 2. The molecule has 9 nitrogen and oxygen atoms in total. The van der Waals surface area contributed by atoms with Crippen molar-refractivity contribution in [3.8, 4) is 0 Å². The molecule has 40 heavy (non-hydrogen) atoms. The molecule has 2 amide bonds. The number of rotatable bonds is 6. The van der Waals surface area contributed by atoms with Gasteiger partial charge in [-0.15, -0.1) is 0 Å². The van der Waals surface area contributed by atoms with Crippen LogP contribution >= 0.6 is 11.8 Å². The fourth-order valence-electron chi connectivity index (χ4n) is 4.95. The van der Waals surface area contributed by atoms with E-state index >= 15 is 0 Å². The Hall–Kier alpha value is -4.31. The van der Waals surface area contributed by atoms with Crippen molar-refractivity contribution in [2.75, 3.05) is 34.8 Å². The molecule has 2 aromatic heterocycles. The maximum atomic E-state index is 13.0. The van der Waals surface area contributed by atoms with E-state index in [-0.39, 0.29) is 17.9 Å². The molecule has 2 aliphatic heterocycles. The second kappa shape index (κ2) is 10.3. The van der Waals surface area contributed by atoms with Gasteiger partial charge in [0.15, 0.2) is 5.65 Å². The van der Waals surface area contributed by atoms with E-state index in [4.69, 9.17) is 9.97 Å². The zero-order valence-corrected chi connectivity index (χ0v) is 23.2. The van der Waals surface area contributed by atoms with E-state index in [1.165, 1.54) is 16.7 Å². The molecule has 2 aromatic carbocycles. The zero-order valence-electron chi connectivity index (χ0n) is 22.3. The number of imidazole rings is 1. The van der Waals surface area contributed by atoms with Gasteiger partial charge in [-0.1, -0.05) is 49.9 Å². The van der Waals surface area contributed by atoms with Gasteiger partial charge in [-0.3, -0.25) is 9.59 Å². The van der Waals surface area contributed by atoms with E-state index in [1.54, 1.807) is 30.3 Å². The molecule has 0 bridgehead atoms. The number of aromatic amines is 1. The third kappa shape index (κ3) is 5.27. The first-order valence-corrected chi connectivity index (χ1v) is 14.1. The Labute approximate surface area is 236 Å². The molecule has 0 radical (unpaired) electrons. The quantitative estimate of drug-likeness (QED) is 0.268. The number of pyridine rings is 1. The van der Waals surface area contributed by atoms with Crippen molar-refractivity contribution >= 4 is 52.1 Å². The molecular formula is C30H30N6O3S. The maximum absolute atomic E-state index is 13.0. The standard InChI is InChI=1S/C30H30N6O3S/c1-30(2)13-15-35(16-14-30)29-32-22-11-12-24(33-26(22)34-29)40-21-10-6-7-19(17-21)31-27(38)25-23(37)18-36(28(25)39)20-8-4-3-5-9-20/h3-12,17,37H,13-16,18H2,1-2H3,(H,31,38)(H,32,33,34). The van der Waals surface area contributed by atoms with Crippen molar-refractivity contribution < 1.29 is 14.7 Å². The minimum atomic E-state index is -0.646. The van der Waals surface area contributed by atoms with E-state index in [0.717, 1.165) is 47.3 Å². The second-order valence-electron chi connectivity index (χ2n) is 10.9. The minimum Gasteiger partial charge on any atom is -0.509 e. The van der Waals surface area contributed by atoms with Crippen molar-refractivity contribution in [3.63, 3.8) is 0 Å². The number of nitrogens with zero attached hydrogens (tertiary/aromatic N) is 4. The van der Waals surface area contributed by atoms with Crippen molar-refractivity contribution in [1.29, 1.82) is 0 Å². The SMILES string of the molecule is CC1(C)CCN(c2nc3nc(Sc4cccc(NC(=O)C5=C(O)CN(c6ccccc6)C5=O)c4)ccc3[nH]2)CC1. The Balaban J connectivity index is 1.13. The van der Waals surface area contributed by atoms with Crippen molar-refractivity contribution in [2.45, 2.75) is 36.6 Å². The molecule has 4 aromatic rings. The average Bonchev–Trinajstić information content (AvgIpc) is 3.49. The summed E-state index contributed by atoms with van der Waals surface area (Å²) in [6.07, 6.45) is 2.25. The van der Waals surface area contributed by atoms with Crippen LogP contribution in [0.25, 0.3) is 11.2 Å². The fourth-order valence-corrected chi connectivity index (χ4v) is 5.79. The number of carbonyl (C=O) groups excluding carboxylic acids is 2. The van der Waals surface area contributed by atoms with Crippen LogP contribution in [0.15, 0.2) is 88.0 Å². The van der Waals surface area contributed by atoms with Crippen molar-refractivity contribution in [1.82, 2.24) is 15.0 Å². The van der Waals surface area contributed by atoms with E-state index in [1.807, 2.05) is 36.4 Å². The summed E-state index contributed by atoms with van der Waals surface area (Å²) in [5.74, 6) is -0.570. The number of carbonyl (C=O) groups is 2. The second-order valence-corrected chi connectivity index (χ2v) is 12.0. The normalized spacial score (nSPS) is 17.1. The van der Waals surface area contributed by atoms with Crippen LogP contribution in [0.2, 0.25) is 0 Å². The first kappa shape index (κ1) is 25.9. The number of aliphatic hydroxyl groups is 1. The summed E-state index contributed by atoms with van der Waals surface area (Å²) in [7, 11) is 0. The number of H-pyrrole nitrogens is 1. The highest BCUT2D eigenvalue weighted by molar-refractivity contribution is 7.99. The Morgan fingerprint density at radius 3 is 2.58 bits per heavy atom. The number of hydrogen-bond acceptors (Lipinski definition) is 7. The van der Waals surface area contributed by atoms with Crippen LogP contribution in [0.1, 0.15) is 26.7 Å². The number of hydrogen-bond donors (Lipinski definition) is 3. The molecular weight excluding hydrogens is 524 g/mol. The molecule has 1 fully saturated rings. The molecule has 6 rings (SSSR count). The minimum absolute atomic E-state index is 0.0414. The molecule has 0 saturated carbocycles. The van der Waals surface area contributed by atoms with Crippen LogP contribution in [-0.2, 0) is 9.59 Å². The Morgan fingerprint density at radius 1 is 1.02 bits per heavy atom. The van der Waals surface area contributed by atoms with E-state index < -0.39 is 11.8 Å². The number of anilines is 3. The number of nitrogens with one attached hydrogen (secondary N) is 2.